The van der Waals surface area contributed by atoms with Gasteiger partial charge in [-0.15, -0.1) is 10.2 Å². The first-order valence-electron chi connectivity index (χ1n) is 6.67. The Bertz CT molecular complexity index is 614. The van der Waals surface area contributed by atoms with Gasteiger partial charge in [-0.3, -0.25) is 4.90 Å². The van der Waals surface area contributed by atoms with Crippen LogP contribution in [0.15, 0.2) is 34.7 Å². The molecule has 0 radical (unpaired) electrons. The zero-order valence-corrected chi connectivity index (χ0v) is 11.3. The number of aromatic nitrogens is 2. The van der Waals surface area contributed by atoms with Crippen LogP contribution in [-0.2, 0) is 16.1 Å². The van der Waals surface area contributed by atoms with Crippen LogP contribution in [0.1, 0.15) is 5.89 Å². The van der Waals surface area contributed by atoms with Gasteiger partial charge in [0, 0.05) is 18.7 Å². The fourth-order valence-corrected chi connectivity index (χ4v) is 2.20. The van der Waals surface area contributed by atoms with Crippen LogP contribution in [0.3, 0.4) is 0 Å². The molecule has 110 valence electrons. The van der Waals surface area contributed by atoms with Gasteiger partial charge in [-0.2, -0.15) is 0 Å². The van der Waals surface area contributed by atoms with Crippen molar-refractivity contribution in [3.8, 4) is 11.5 Å². The second-order valence-corrected chi connectivity index (χ2v) is 4.80. The average molecular weight is 289 g/mol. The van der Waals surface area contributed by atoms with Crippen LogP contribution in [0.5, 0.6) is 0 Å². The summed E-state index contributed by atoms with van der Waals surface area (Å²) in [7, 11) is 0. The van der Waals surface area contributed by atoms with Crippen molar-refractivity contribution in [1.29, 1.82) is 0 Å². The molecule has 0 aliphatic carbocycles. The Hall–Kier alpha value is -2.25. The lowest BCUT2D eigenvalue weighted by Crippen LogP contribution is -2.45. The molecule has 21 heavy (non-hydrogen) atoms. The molecule has 1 atom stereocenters. The van der Waals surface area contributed by atoms with E-state index in [4.69, 9.17) is 14.3 Å². The van der Waals surface area contributed by atoms with E-state index in [9.17, 15) is 4.79 Å². The summed E-state index contributed by atoms with van der Waals surface area (Å²) in [5.74, 6) is -0.0104. The van der Waals surface area contributed by atoms with Gasteiger partial charge in [0.25, 0.3) is 0 Å². The molecule has 2 heterocycles. The van der Waals surface area contributed by atoms with E-state index in [-0.39, 0.29) is 0 Å². The van der Waals surface area contributed by atoms with Crippen molar-refractivity contribution in [2.45, 2.75) is 12.6 Å². The molecule has 3 rings (SSSR count). The van der Waals surface area contributed by atoms with Gasteiger partial charge < -0.3 is 14.3 Å². The van der Waals surface area contributed by atoms with Crippen LogP contribution in [0, 0.1) is 0 Å². The average Bonchev–Trinajstić information content (AvgIpc) is 2.97. The number of nitrogens with zero attached hydrogens (tertiary/aromatic N) is 3. The Kier molecular flexibility index (Phi) is 3.94. The summed E-state index contributed by atoms with van der Waals surface area (Å²) in [6.45, 7) is 1.77. The summed E-state index contributed by atoms with van der Waals surface area (Å²) >= 11 is 0. The third-order valence-electron chi connectivity index (χ3n) is 3.27. The number of benzene rings is 1. The van der Waals surface area contributed by atoms with Crippen LogP contribution >= 0.6 is 0 Å². The van der Waals surface area contributed by atoms with Gasteiger partial charge in [0.05, 0.1) is 13.2 Å². The first-order chi connectivity index (χ1) is 10.2. The monoisotopic (exact) mass is 289 g/mol. The first kappa shape index (κ1) is 13.7. The summed E-state index contributed by atoms with van der Waals surface area (Å²) in [5, 5.41) is 17.0. The van der Waals surface area contributed by atoms with Crippen molar-refractivity contribution >= 4 is 5.97 Å². The van der Waals surface area contributed by atoms with Gasteiger partial charge in [0.2, 0.25) is 11.8 Å². The zero-order valence-electron chi connectivity index (χ0n) is 11.3. The van der Waals surface area contributed by atoms with Crippen molar-refractivity contribution in [2.24, 2.45) is 0 Å². The molecular formula is C14H15N3O4. The van der Waals surface area contributed by atoms with Crippen LogP contribution in [0.25, 0.3) is 11.5 Å². The number of carboxylic acid groups (broad SMARTS) is 1. The summed E-state index contributed by atoms with van der Waals surface area (Å²) in [6, 6.07) is 9.51. The van der Waals surface area contributed by atoms with Crippen molar-refractivity contribution in [1.82, 2.24) is 15.1 Å². The van der Waals surface area contributed by atoms with Crippen molar-refractivity contribution < 1.29 is 19.1 Å². The molecule has 2 aromatic rings. The highest BCUT2D eigenvalue weighted by atomic mass is 16.5. The third-order valence-corrected chi connectivity index (χ3v) is 3.27. The smallest absolute Gasteiger partial charge is 0.334 e. The van der Waals surface area contributed by atoms with E-state index >= 15 is 0 Å². The Balaban J connectivity index is 1.66. The minimum Gasteiger partial charge on any atom is -0.479 e. The second kappa shape index (κ2) is 6.02. The Morgan fingerprint density at radius 2 is 2.14 bits per heavy atom. The standard InChI is InChI=1S/C14H15N3O4/c18-14(19)11-8-17(6-7-20-11)9-12-15-16-13(21-12)10-4-2-1-3-5-10/h1-5,11H,6-9H2,(H,18,19). The van der Waals surface area contributed by atoms with Gasteiger partial charge in [0.15, 0.2) is 6.10 Å². The molecule has 1 aromatic carbocycles. The molecule has 1 N–H and O–H groups in total. The topological polar surface area (TPSA) is 88.7 Å². The number of hydrogen-bond donors (Lipinski definition) is 1. The molecule has 1 aliphatic rings. The molecule has 1 aromatic heterocycles. The summed E-state index contributed by atoms with van der Waals surface area (Å²) in [6.07, 6.45) is -0.796. The quantitative estimate of drug-likeness (QED) is 0.898. The summed E-state index contributed by atoms with van der Waals surface area (Å²) < 4.78 is 10.8. The van der Waals surface area contributed by atoms with Crippen LogP contribution < -0.4 is 0 Å². The molecule has 1 fully saturated rings. The molecule has 1 saturated heterocycles. The number of morpholine rings is 1. The molecule has 1 unspecified atom stereocenters. The molecule has 0 spiro atoms. The lowest BCUT2D eigenvalue weighted by Gasteiger charge is -2.29. The lowest BCUT2D eigenvalue weighted by molar-refractivity contribution is -0.156. The number of rotatable bonds is 4. The fraction of sp³-hybridized carbons (Fsp3) is 0.357. The molecule has 0 bridgehead atoms. The maximum absolute atomic E-state index is 10.9. The van der Waals surface area contributed by atoms with E-state index in [1.807, 2.05) is 35.2 Å². The number of carbonyl (C=O) groups is 1. The highest BCUT2D eigenvalue weighted by Crippen LogP contribution is 2.18. The SMILES string of the molecule is O=C(O)C1CN(Cc2nnc(-c3ccccc3)o2)CCO1. The van der Waals surface area contributed by atoms with E-state index in [1.165, 1.54) is 0 Å². The lowest BCUT2D eigenvalue weighted by atomic mass is 10.2. The van der Waals surface area contributed by atoms with Crippen molar-refractivity contribution in [3.05, 3.63) is 36.2 Å². The first-order valence-corrected chi connectivity index (χ1v) is 6.67. The van der Waals surface area contributed by atoms with Crippen LogP contribution in [0.4, 0.5) is 0 Å². The maximum Gasteiger partial charge on any atom is 0.334 e. The molecular weight excluding hydrogens is 274 g/mol. The Morgan fingerprint density at radius 3 is 2.90 bits per heavy atom. The van der Waals surface area contributed by atoms with E-state index < -0.39 is 12.1 Å². The van der Waals surface area contributed by atoms with Gasteiger partial charge in [-0.05, 0) is 12.1 Å². The Morgan fingerprint density at radius 1 is 1.33 bits per heavy atom. The van der Waals surface area contributed by atoms with E-state index in [1.54, 1.807) is 0 Å². The largest absolute Gasteiger partial charge is 0.479 e. The Labute approximate surface area is 121 Å². The minimum absolute atomic E-state index is 0.318. The van der Waals surface area contributed by atoms with E-state index in [2.05, 4.69) is 10.2 Å². The molecule has 1 aliphatic heterocycles. The van der Waals surface area contributed by atoms with Crippen molar-refractivity contribution in [3.63, 3.8) is 0 Å². The van der Waals surface area contributed by atoms with Gasteiger partial charge in [-0.1, -0.05) is 18.2 Å². The maximum atomic E-state index is 10.9. The van der Waals surface area contributed by atoms with Crippen LogP contribution in [-0.4, -0.2) is 52.0 Å². The summed E-state index contributed by atoms with van der Waals surface area (Å²) in [4.78, 5) is 12.9. The predicted molar refractivity (Wildman–Crippen MR) is 72.4 cm³/mol. The highest BCUT2D eigenvalue weighted by molar-refractivity contribution is 5.72. The summed E-state index contributed by atoms with van der Waals surface area (Å²) in [5.41, 5.74) is 0.863. The van der Waals surface area contributed by atoms with Crippen LogP contribution in [0.2, 0.25) is 0 Å². The second-order valence-electron chi connectivity index (χ2n) is 4.80. The minimum atomic E-state index is -0.949. The molecule has 7 nitrogen and oxygen atoms in total. The molecule has 7 heteroatoms. The van der Waals surface area contributed by atoms with E-state index in [0.29, 0.717) is 38.0 Å². The van der Waals surface area contributed by atoms with Gasteiger partial charge in [0.1, 0.15) is 0 Å². The number of hydrogen-bond acceptors (Lipinski definition) is 6. The highest BCUT2D eigenvalue weighted by Gasteiger charge is 2.27. The number of aliphatic carboxylic acids is 1. The zero-order chi connectivity index (χ0) is 14.7. The van der Waals surface area contributed by atoms with Crippen molar-refractivity contribution in [2.75, 3.05) is 19.7 Å². The number of ether oxygens (including phenoxy) is 1. The normalized spacial score (nSPS) is 19.5. The third kappa shape index (κ3) is 3.26. The molecule has 0 saturated carbocycles. The van der Waals surface area contributed by atoms with Gasteiger partial charge >= 0.3 is 5.97 Å². The predicted octanol–water partition coefficient (Wildman–Crippen LogP) is 1.02. The van der Waals surface area contributed by atoms with E-state index in [0.717, 1.165) is 5.56 Å². The number of carboxylic acids is 1. The van der Waals surface area contributed by atoms with Gasteiger partial charge in [-0.25, -0.2) is 4.79 Å². The molecule has 0 amide bonds. The fourth-order valence-electron chi connectivity index (χ4n) is 2.20.